The Kier molecular flexibility index (Phi) is 6.21. The summed E-state index contributed by atoms with van der Waals surface area (Å²) in [4.78, 5) is 0. The molecule has 1 aliphatic carbocycles. The van der Waals surface area contributed by atoms with Crippen LogP contribution in [0.2, 0.25) is 0 Å². The van der Waals surface area contributed by atoms with E-state index in [1.54, 1.807) is 0 Å². The average Bonchev–Trinajstić information content (AvgIpc) is 2.30. The second kappa shape index (κ2) is 6.90. The molecule has 1 nitrogen and oxygen atoms in total. The zero-order valence-electron chi connectivity index (χ0n) is 10.2. The van der Waals surface area contributed by atoms with Crippen molar-refractivity contribution in [1.82, 2.24) is 0 Å². The summed E-state index contributed by atoms with van der Waals surface area (Å²) in [7, 11) is 0. The summed E-state index contributed by atoms with van der Waals surface area (Å²) >= 11 is 3.64. The molecule has 0 amide bonds. The fourth-order valence-electron chi connectivity index (χ4n) is 2.36. The summed E-state index contributed by atoms with van der Waals surface area (Å²) in [6.45, 7) is 5.47. The smallest absolute Gasteiger partial charge is 0.0779 e. The summed E-state index contributed by atoms with van der Waals surface area (Å²) in [5.74, 6) is 0.951. The number of rotatable bonds is 6. The molecule has 0 aromatic rings. The predicted molar refractivity (Wildman–Crippen MR) is 69.6 cm³/mol. The molecule has 0 spiro atoms. The molecule has 0 bridgehead atoms. The molecule has 0 heterocycles. The van der Waals surface area contributed by atoms with Gasteiger partial charge < -0.3 is 4.74 Å². The molecule has 0 saturated heterocycles. The molecule has 90 valence electrons. The molecule has 0 atom stereocenters. The lowest BCUT2D eigenvalue weighted by atomic mass is 9.79. The minimum absolute atomic E-state index is 0.167. The molecular formula is C13H25BrO. The number of halogens is 1. The van der Waals surface area contributed by atoms with Crippen molar-refractivity contribution in [2.24, 2.45) is 5.92 Å². The van der Waals surface area contributed by atoms with Crippen molar-refractivity contribution in [3.8, 4) is 0 Å². The van der Waals surface area contributed by atoms with Gasteiger partial charge in [-0.15, -0.1) is 0 Å². The molecule has 0 N–H and O–H groups in total. The van der Waals surface area contributed by atoms with Gasteiger partial charge in [-0.05, 0) is 38.0 Å². The van der Waals surface area contributed by atoms with Crippen molar-refractivity contribution < 1.29 is 4.74 Å². The molecule has 1 rings (SSSR count). The van der Waals surface area contributed by atoms with Crippen molar-refractivity contribution in [3.05, 3.63) is 0 Å². The number of hydrogen-bond donors (Lipinski definition) is 0. The molecular weight excluding hydrogens is 252 g/mol. The largest absolute Gasteiger partial charge is 0.374 e. The van der Waals surface area contributed by atoms with Crippen LogP contribution in [0.15, 0.2) is 0 Å². The highest BCUT2D eigenvalue weighted by molar-refractivity contribution is 9.09. The Bertz CT molecular complexity index is 156. The van der Waals surface area contributed by atoms with Crippen molar-refractivity contribution in [1.29, 1.82) is 0 Å². The van der Waals surface area contributed by atoms with E-state index in [9.17, 15) is 0 Å². The van der Waals surface area contributed by atoms with Gasteiger partial charge in [-0.1, -0.05) is 42.6 Å². The van der Waals surface area contributed by atoms with Crippen molar-refractivity contribution in [2.75, 3.05) is 11.9 Å². The molecule has 0 unspecified atom stereocenters. The van der Waals surface area contributed by atoms with E-state index in [0.717, 1.165) is 17.9 Å². The van der Waals surface area contributed by atoms with Gasteiger partial charge in [0.25, 0.3) is 0 Å². The van der Waals surface area contributed by atoms with E-state index in [4.69, 9.17) is 4.74 Å². The van der Waals surface area contributed by atoms with E-state index < -0.39 is 0 Å². The van der Waals surface area contributed by atoms with E-state index >= 15 is 0 Å². The number of hydrogen-bond acceptors (Lipinski definition) is 1. The summed E-state index contributed by atoms with van der Waals surface area (Å²) in [6.07, 6.45) is 8.98. The Morgan fingerprint density at radius 3 is 2.40 bits per heavy atom. The van der Waals surface area contributed by atoms with Crippen LogP contribution in [0.5, 0.6) is 0 Å². The number of alkyl halides is 1. The molecule has 1 fully saturated rings. The third-order valence-corrected chi connectivity index (χ3v) is 4.77. The number of unbranched alkanes of at least 4 members (excludes halogenated alkanes) is 1. The van der Waals surface area contributed by atoms with Crippen molar-refractivity contribution in [2.45, 2.75) is 64.4 Å². The quantitative estimate of drug-likeness (QED) is 0.511. The molecule has 15 heavy (non-hydrogen) atoms. The minimum Gasteiger partial charge on any atom is -0.374 e. The van der Waals surface area contributed by atoms with Crippen LogP contribution in [-0.2, 0) is 4.74 Å². The molecule has 2 heteroatoms. The SMILES string of the molecule is CCCCOC1(CBr)CCC(CC)CC1. The van der Waals surface area contributed by atoms with Gasteiger partial charge in [0.2, 0.25) is 0 Å². The lowest BCUT2D eigenvalue weighted by molar-refractivity contribution is -0.0610. The molecule has 0 aromatic carbocycles. The highest BCUT2D eigenvalue weighted by atomic mass is 79.9. The topological polar surface area (TPSA) is 9.23 Å². The first kappa shape index (κ1) is 13.5. The van der Waals surface area contributed by atoms with E-state index in [1.165, 1.54) is 44.9 Å². The summed E-state index contributed by atoms with van der Waals surface area (Å²) in [5.41, 5.74) is 0.167. The summed E-state index contributed by atoms with van der Waals surface area (Å²) < 4.78 is 6.11. The lowest BCUT2D eigenvalue weighted by Gasteiger charge is -2.38. The van der Waals surface area contributed by atoms with Crippen LogP contribution in [0.3, 0.4) is 0 Å². The van der Waals surface area contributed by atoms with Gasteiger partial charge >= 0.3 is 0 Å². The summed E-state index contributed by atoms with van der Waals surface area (Å²) in [6, 6.07) is 0. The van der Waals surface area contributed by atoms with Crippen molar-refractivity contribution in [3.63, 3.8) is 0 Å². The van der Waals surface area contributed by atoms with Crippen LogP contribution in [0.25, 0.3) is 0 Å². The average molecular weight is 277 g/mol. The third-order valence-electron chi connectivity index (χ3n) is 3.74. The maximum absolute atomic E-state index is 6.11. The van der Waals surface area contributed by atoms with Crippen LogP contribution in [0.1, 0.15) is 58.8 Å². The monoisotopic (exact) mass is 276 g/mol. The van der Waals surface area contributed by atoms with Crippen LogP contribution < -0.4 is 0 Å². The Morgan fingerprint density at radius 1 is 1.27 bits per heavy atom. The Balaban J connectivity index is 2.34. The fourth-order valence-corrected chi connectivity index (χ4v) is 3.08. The second-order valence-corrected chi connectivity index (χ2v) is 5.43. The zero-order chi connectivity index (χ0) is 11.1. The molecule has 1 aliphatic rings. The Hall–Kier alpha value is 0.440. The minimum atomic E-state index is 0.167. The van der Waals surface area contributed by atoms with Crippen LogP contribution >= 0.6 is 15.9 Å². The van der Waals surface area contributed by atoms with E-state index in [1.807, 2.05) is 0 Å². The van der Waals surface area contributed by atoms with Gasteiger partial charge in [-0.2, -0.15) is 0 Å². The maximum Gasteiger partial charge on any atom is 0.0779 e. The number of ether oxygens (including phenoxy) is 1. The molecule has 0 aromatic heterocycles. The van der Waals surface area contributed by atoms with Gasteiger partial charge in [0.15, 0.2) is 0 Å². The first-order valence-electron chi connectivity index (χ1n) is 6.46. The zero-order valence-corrected chi connectivity index (χ0v) is 11.8. The maximum atomic E-state index is 6.11. The van der Waals surface area contributed by atoms with Gasteiger partial charge in [0, 0.05) is 11.9 Å². The Labute approximate surface area is 103 Å². The Morgan fingerprint density at radius 2 is 1.93 bits per heavy atom. The van der Waals surface area contributed by atoms with Crippen LogP contribution in [0, 0.1) is 5.92 Å². The molecule has 1 saturated carbocycles. The van der Waals surface area contributed by atoms with E-state index in [2.05, 4.69) is 29.8 Å². The van der Waals surface area contributed by atoms with Gasteiger partial charge in [-0.3, -0.25) is 0 Å². The standard InChI is InChI=1S/C13H25BrO/c1-3-5-10-15-13(11-14)8-6-12(4-2)7-9-13/h12H,3-11H2,1-2H3. The van der Waals surface area contributed by atoms with Crippen LogP contribution in [0.4, 0.5) is 0 Å². The van der Waals surface area contributed by atoms with Gasteiger partial charge in [0.05, 0.1) is 5.60 Å². The highest BCUT2D eigenvalue weighted by Crippen LogP contribution is 2.37. The predicted octanol–water partition coefficient (Wildman–Crippen LogP) is 4.54. The normalized spacial score (nSPS) is 31.8. The second-order valence-electron chi connectivity index (χ2n) is 4.87. The first-order chi connectivity index (χ1) is 7.26. The molecule has 0 radical (unpaired) electrons. The van der Waals surface area contributed by atoms with Gasteiger partial charge in [-0.25, -0.2) is 0 Å². The molecule has 0 aliphatic heterocycles. The highest BCUT2D eigenvalue weighted by Gasteiger charge is 2.34. The van der Waals surface area contributed by atoms with Crippen molar-refractivity contribution >= 4 is 15.9 Å². The van der Waals surface area contributed by atoms with E-state index in [-0.39, 0.29) is 5.60 Å². The third kappa shape index (κ3) is 4.07. The lowest BCUT2D eigenvalue weighted by Crippen LogP contribution is -2.39. The fraction of sp³-hybridized carbons (Fsp3) is 1.00. The van der Waals surface area contributed by atoms with Gasteiger partial charge in [0.1, 0.15) is 0 Å². The first-order valence-corrected chi connectivity index (χ1v) is 7.58. The summed E-state index contributed by atoms with van der Waals surface area (Å²) in [5, 5.41) is 1.01. The van der Waals surface area contributed by atoms with Crippen LogP contribution in [-0.4, -0.2) is 17.5 Å². The van der Waals surface area contributed by atoms with E-state index in [0.29, 0.717) is 0 Å².